The summed E-state index contributed by atoms with van der Waals surface area (Å²) in [5, 5.41) is 2.69. The second kappa shape index (κ2) is 5.58. The number of carbonyl (C=O) groups excluding carboxylic acids is 1. The van der Waals surface area contributed by atoms with Gasteiger partial charge in [-0.15, -0.1) is 6.42 Å². The number of benzene rings is 1. The Kier molecular flexibility index (Phi) is 4.50. The Hall–Kier alpha value is -1.95. The maximum atomic E-state index is 11.8. The molecule has 0 aromatic heterocycles. The van der Waals surface area contributed by atoms with Gasteiger partial charge in [0.15, 0.2) is 0 Å². The third kappa shape index (κ3) is 4.62. The molecule has 1 aromatic carbocycles. The molecule has 0 heterocycles. The average molecular weight is 273 g/mol. The fourth-order valence-electron chi connectivity index (χ4n) is 1.65. The van der Waals surface area contributed by atoms with Gasteiger partial charge >= 0.3 is 6.09 Å². The molecule has 0 radical (unpaired) electrons. The Morgan fingerprint density at radius 1 is 1.20 bits per heavy atom. The van der Waals surface area contributed by atoms with Gasteiger partial charge in [-0.3, -0.25) is 5.32 Å². The van der Waals surface area contributed by atoms with E-state index in [2.05, 4.69) is 32.0 Å². The topological polar surface area (TPSA) is 38.3 Å². The zero-order chi connectivity index (χ0) is 15.6. The van der Waals surface area contributed by atoms with E-state index in [1.165, 1.54) is 0 Å². The van der Waals surface area contributed by atoms with Gasteiger partial charge < -0.3 is 4.74 Å². The van der Waals surface area contributed by atoms with Crippen LogP contribution in [0, 0.1) is 12.3 Å². The zero-order valence-electron chi connectivity index (χ0n) is 13.1. The molecule has 3 heteroatoms. The van der Waals surface area contributed by atoms with Crippen molar-refractivity contribution in [2.45, 2.75) is 52.6 Å². The fourth-order valence-corrected chi connectivity index (χ4v) is 1.65. The molecule has 20 heavy (non-hydrogen) atoms. The molecule has 0 aliphatic rings. The van der Waals surface area contributed by atoms with Crippen LogP contribution in [0.15, 0.2) is 18.2 Å². The largest absolute Gasteiger partial charge is 0.444 e. The molecule has 0 saturated heterocycles. The van der Waals surface area contributed by atoms with Gasteiger partial charge in [0.2, 0.25) is 0 Å². The van der Waals surface area contributed by atoms with Crippen LogP contribution in [0.5, 0.6) is 0 Å². The maximum absolute atomic E-state index is 11.8. The van der Waals surface area contributed by atoms with Crippen molar-refractivity contribution in [2.75, 3.05) is 5.32 Å². The molecule has 0 aliphatic heterocycles. The van der Waals surface area contributed by atoms with E-state index in [9.17, 15) is 4.79 Å². The summed E-state index contributed by atoms with van der Waals surface area (Å²) in [6, 6.07) is 5.71. The first-order valence-corrected chi connectivity index (χ1v) is 6.64. The van der Waals surface area contributed by atoms with Crippen molar-refractivity contribution >= 4 is 11.8 Å². The molecule has 1 rings (SSSR count). The first-order chi connectivity index (χ1) is 9.03. The molecular weight excluding hydrogens is 250 g/mol. The Bertz CT molecular complexity index is 540. The van der Waals surface area contributed by atoms with Crippen LogP contribution >= 0.6 is 0 Å². The molecule has 0 fully saturated rings. The van der Waals surface area contributed by atoms with Crippen molar-refractivity contribution in [3.05, 3.63) is 29.3 Å². The van der Waals surface area contributed by atoms with Gasteiger partial charge in [0.25, 0.3) is 0 Å². The Labute approximate surface area is 121 Å². The lowest BCUT2D eigenvalue weighted by Crippen LogP contribution is -2.27. The molecule has 1 aromatic rings. The summed E-state index contributed by atoms with van der Waals surface area (Å²) in [6.07, 6.45) is 5.02. The summed E-state index contributed by atoms with van der Waals surface area (Å²) >= 11 is 0. The van der Waals surface area contributed by atoms with Crippen LogP contribution in [0.2, 0.25) is 0 Å². The number of amides is 1. The maximum Gasteiger partial charge on any atom is 0.412 e. The molecule has 0 aliphatic carbocycles. The van der Waals surface area contributed by atoms with Crippen molar-refractivity contribution in [2.24, 2.45) is 0 Å². The first-order valence-electron chi connectivity index (χ1n) is 6.64. The number of hydrogen-bond donors (Lipinski definition) is 1. The number of hydrogen-bond acceptors (Lipinski definition) is 2. The summed E-state index contributed by atoms with van der Waals surface area (Å²) in [5.41, 5.74) is 1.85. The van der Waals surface area contributed by atoms with Crippen LogP contribution in [-0.4, -0.2) is 11.7 Å². The average Bonchev–Trinajstić information content (AvgIpc) is 2.25. The van der Waals surface area contributed by atoms with Gasteiger partial charge in [0.1, 0.15) is 5.60 Å². The van der Waals surface area contributed by atoms with Gasteiger partial charge in [-0.1, -0.05) is 32.8 Å². The van der Waals surface area contributed by atoms with E-state index in [-0.39, 0.29) is 5.41 Å². The van der Waals surface area contributed by atoms with Crippen LogP contribution in [0.1, 0.15) is 52.7 Å². The summed E-state index contributed by atoms with van der Waals surface area (Å²) in [4.78, 5) is 11.8. The number of anilines is 1. The minimum absolute atomic E-state index is 0.00997. The second-order valence-corrected chi connectivity index (χ2v) is 6.78. The van der Waals surface area contributed by atoms with Crippen molar-refractivity contribution in [3.63, 3.8) is 0 Å². The Balaban J connectivity index is 2.98. The van der Waals surface area contributed by atoms with E-state index in [1.54, 1.807) is 0 Å². The smallest absolute Gasteiger partial charge is 0.412 e. The van der Waals surface area contributed by atoms with Crippen LogP contribution < -0.4 is 5.32 Å². The minimum atomic E-state index is -0.536. The van der Waals surface area contributed by atoms with E-state index in [4.69, 9.17) is 11.2 Å². The minimum Gasteiger partial charge on any atom is -0.444 e. The highest BCUT2D eigenvalue weighted by Crippen LogP contribution is 2.26. The quantitative estimate of drug-likeness (QED) is 0.774. The molecule has 0 bridgehead atoms. The van der Waals surface area contributed by atoms with Crippen molar-refractivity contribution < 1.29 is 9.53 Å². The number of terminal acetylenes is 1. The SMILES string of the molecule is C#Cc1cc(C(C)(C)C)ccc1NC(=O)OC(C)(C)C. The Morgan fingerprint density at radius 2 is 1.80 bits per heavy atom. The number of nitrogens with one attached hydrogen (secondary N) is 1. The molecular formula is C17H23NO2. The summed E-state index contributed by atoms with van der Waals surface area (Å²) in [6.45, 7) is 11.8. The van der Waals surface area contributed by atoms with E-state index in [0.29, 0.717) is 11.3 Å². The highest BCUT2D eigenvalue weighted by atomic mass is 16.6. The monoisotopic (exact) mass is 273 g/mol. The fraction of sp³-hybridized carbons (Fsp3) is 0.471. The van der Waals surface area contributed by atoms with Crippen LogP contribution in [0.25, 0.3) is 0 Å². The lowest BCUT2D eigenvalue weighted by Gasteiger charge is -2.22. The van der Waals surface area contributed by atoms with Crippen LogP contribution in [-0.2, 0) is 10.2 Å². The van der Waals surface area contributed by atoms with E-state index < -0.39 is 11.7 Å². The van der Waals surface area contributed by atoms with Gasteiger partial charge in [0, 0.05) is 5.56 Å². The summed E-state index contributed by atoms with van der Waals surface area (Å²) in [5.74, 6) is 2.61. The number of rotatable bonds is 1. The van der Waals surface area contributed by atoms with Crippen LogP contribution in [0.3, 0.4) is 0 Å². The van der Waals surface area contributed by atoms with Gasteiger partial charge in [-0.05, 0) is 43.9 Å². The Morgan fingerprint density at radius 3 is 2.25 bits per heavy atom. The van der Waals surface area contributed by atoms with E-state index in [0.717, 1.165) is 5.56 Å². The predicted molar refractivity (Wildman–Crippen MR) is 82.9 cm³/mol. The first kappa shape index (κ1) is 16.1. The summed E-state index contributed by atoms with van der Waals surface area (Å²) < 4.78 is 5.22. The van der Waals surface area contributed by atoms with Gasteiger partial charge in [0.05, 0.1) is 5.69 Å². The lowest BCUT2D eigenvalue weighted by molar-refractivity contribution is 0.0636. The molecule has 108 valence electrons. The molecule has 1 amide bonds. The number of ether oxygens (including phenoxy) is 1. The predicted octanol–water partition coefficient (Wildman–Crippen LogP) is 4.31. The highest BCUT2D eigenvalue weighted by molar-refractivity contribution is 5.87. The lowest BCUT2D eigenvalue weighted by atomic mass is 9.86. The van der Waals surface area contributed by atoms with Gasteiger partial charge in [-0.2, -0.15) is 0 Å². The van der Waals surface area contributed by atoms with Gasteiger partial charge in [-0.25, -0.2) is 4.79 Å². The molecule has 0 saturated carbocycles. The number of carbonyl (C=O) groups is 1. The van der Waals surface area contributed by atoms with Crippen molar-refractivity contribution in [1.82, 2.24) is 0 Å². The normalized spacial score (nSPS) is 11.7. The third-order valence-corrected chi connectivity index (χ3v) is 2.68. The molecule has 1 N–H and O–H groups in total. The zero-order valence-corrected chi connectivity index (χ0v) is 13.1. The van der Waals surface area contributed by atoms with Crippen molar-refractivity contribution in [3.8, 4) is 12.3 Å². The molecule has 3 nitrogen and oxygen atoms in total. The molecule has 0 atom stereocenters. The molecule has 0 unspecified atom stereocenters. The highest BCUT2D eigenvalue weighted by Gasteiger charge is 2.19. The summed E-state index contributed by atoms with van der Waals surface area (Å²) in [7, 11) is 0. The third-order valence-electron chi connectivity index (χ3n) is 2.68. The van der Waals surface area contributed by atoms with E-state index in [1.807, 2.05) is 39.0 Å². The van der Waals surface area contributed by atoms with Crippen molar-refractivity contribution in [1.29, 1.82) is 0 Å². The standard InChI is InChI=1S/C17H23NO2/c1-8-12-11-13(16(2,3)4)9-10-14(12)18-15(19)20-17(5,6)7/h1,9-11H,2-7H3,(H,18,19). The molecule has 0 spiro atoms. The second-order valence-electron chi connectivity index (χ2n) is 6.78. The van der Waals surface area contributed by atoms with Crippen LogP contribution in [0.4, 0.5) is 10.5 Å². The van der Waals surface area contributed by atoms with E-state index >= 15 is 0 Å².